The number of hydrogen-bond donors (Lipinski definition) is 0. The van der Waals surface area contributed by atoms with Gasteiger partial charge in [0.15, 0.2) is 0 Å². The Hall–Kier alpha value is -2.77. The molecule has 2 unspecified atom stereocenters. The van der Waals surface area contributed by atoms with Crippen LogP contribution in [-0.4, -0.2) is 31.0 Å². The van der Waals surface area contributed by atoms with E-state index in [-0.39, 0.29) is 11.9 Å². The topological polar surface area (TPSA) is 63.9 Å². The van der Waals surface area contributed by atoms with Gasteiger partial charge < -0.3 is 4.57 Å². The van der Waals surface area contributed by atoms with Crippen molar-refractivity contribution in [3.8, 4) is 0 Å². The summed E-state index contributed by atoms with van der Waals surface area (Å²) in [5.74, 6) is 0.786. The number of alkyl halides is 1. The summed E-state index contributed by atoms with van der Waals surface area (Å²) < 4.78 is 2.11. The first-order chi connectivity index (χ1) is 14.0. The van der Waals surface area contributed by atoms with Gasteiger partial charge in [-0.2, -0.15) is 0 Å². The van der Waals surface area contributed by atoms with Crippen molar-refractivity contribution >= 4 is 45.0 Å². The zero-order valence-electron chi connectivity index (χ0n) is 15.9. The number of para-hydroxylation sites is 2. The molecule has 2 aromatic heterocycles. The molecule has 6 nitrogen and oxygen atoms in total. The molecule has 1 aliphatic rings. The van der Waals surface area contributed by atoms with Crippen molar-refractivity contribution in [3.63, 3.8) is 0 Å². The summed E-state index contributed by atoms with van der Waals surface area (Å²) in [7, 11) is 0. The molecule has 2 atom stereocenters. The number of halogens is 1. The number of rotatable bonds is 4. The number of carbonyl (C=O) groups excluding carboxylic acids is 1. The molecule has 146 valence electrons. The van der Waals surface area contributed by atoms with E-state index < -0.39 is 5.38 Å². The van der Waals surface area contributed by atoms with Crippen molar-refractivity contribution in [2.24, 2.45) is 0 Å². The van der Waals surface area contributed by atoms with E-state index in [0.29, 0.717) is 11.7 Å². The first kappa shape index (κ1) is 18.3. The van der Waals surface area contributed by atoms with Crippen LogP contribution in [0.3, 0.4) is 0 Å². The van der Waals surface area contributed by atoms with Crippen molar-refractivity contribution in [3.05, 3.63) is 70.5 Å². The maximum atomic E-state index is 12.5. The summed E-state index contributed by atoms with van der Waals surface area (Å²) in [6, 6.07) is 15.8. The second kappa shape index (κ2) is 6.93. The smallest absolute Gasteiger partial charge is 0.250 e. The number of carbonyl (C=O) groups is 1. The Morgan fingerprint density at radius 1 is 1.07 bits per heavy atom. The number of amides is 1. The number of benzene rings is 2. The molecule has 0 radical (unpaired) electrons. The van der Waals surface area contributed by atoms with E-state index in [1.165, 1.54) is 11.3 Å². The third-order valence-corrected chi connectivity index (χ3v) is 6.67. The molecular weight excluding hydrogens is 406 g/mol. The molecule has 0 aliphatic carbocycles. The summed E-state index contributed by atoms with van der Waals surface area (Å²) in [5, 5.41) is 9.46. The van der Waals surface area contributed by atoms with Crippen molar-refractivity contribution < 1.29 is 4.79 Å². The fourth-order valence-electron chi connectivity index (χ4n) is 3.82. The van der Waals surface area contributed by atoms with Gasteiger partial charge in [-0.15, -0.1) is 21.8 Å². The van der Waals surface area contributed by atoms with Crippen LogP contribution in [0.4, 0.5) is 5.13 Å². The maximum Gasteiger partial charge on any atom is 0.250 e. The second-order valence-electron chi connectivity index (χ2n) is 7.12. The van der Waals surface area contributed by atoms with Crippen molar-refractivity contribution in [2.45, 2.75) is 31.8 Å². The van der Waals surface area contributed by atoms with E-state index in [9.17, 15) is 4.79 Å². The van der Waals surface area contributed by atoms with Crippen LogP contribution in [0, 0.1) is 13.8 Å². The van der Waals surface area contributed by atoms with Gasteiger partial charge in [0.2, 0.25) is 11.0 Å². The number of fused-ring (bicyclic) bond motifs is 1. The summed E-state index contributed by atoms with van der Waals surface area (Å²) in [6.07, 6.45) is 0. The number of aromatic nitrogens is 4. The normalized spacial score (nSPS) is 19.0. The number of anilines is 1. The molecule has 2 aromatic carbocycles. The predicted molar refractivity (Wildman–Crippen MR) is 115 cm³/mol. The van der Waals surface area contributed by atoms with E-state index in [0.717, 1.165) is 33.0 Å². The molecule has 1 aliphatic heterocycles. The lowest BCUT2D eigenvalue weighted by molar-refractivity contribution is -0.123. The Kier molecular flexibility index (Phi) is 4.37. The zero-order chi connectivity index (χ0) is 20.1. The van der Waals surface area contributed by atoms with Crippen molar-refractivity contribution in [1.82, 2.24) is 19.7 Å². The Balaban J connectivity index is 1.46. The molecule has 0 bridgehead atoms. The summed E-state index contributed by atoms with van der Waals surface area (Å²) >= 11 is 7.80. The molecule has 1 saturated heterocycles. The van der Waals surface area contributed by atoms with E-state index in [2.05, 4.69) is 19.7 Å². The van der Waals surface area contributed by atoms with E-state index in [4.69, 9.17) is 11.6 Å². The van der Waals surface area contributed by atoms with E-state index >= 15 is 0 Å². The van der Waals surface area contributed by atoms with Gasteiger partial charge >= 0.3 is 0 Å². The third kappa shape index (κ3) is 2.92. The van der Waals surface area contributed by atoms with Gasteiger partial charge in [-0.25, -0.2) is 4.98 Å². The Labute approximate surface area is 176 Å². The number of hydrogen-bond acceptors (Lipinski definition) is 5. The summed E-state index contributed by atoms with van der Waals surface area (Å²) in [5.41, 5.74) is 4.16. The second-order valence-corrected chi connectivity index (χ2v) is 8.63. The average Bonchev–Trinajstić information content (AvgIpc) is 3.31. The number of imidazole rings is 1. The molecule has 8 heteroatoms. The van der Waals surface area contributed by atoms with Crippen LogP contribution in [0.2, 0.25) is 0 Å². The van der Waals surface area contributed by atoms with E-state index in [1.54, 1.807) is 4.90 Å². The van der Waals surface area contributed by atoms with Crippen LogP contribution in [0.15, 0.2) is 48.5 Å². The van der Waals surface area contributed by atoms with Gasteiger partial charge in [0.05, 0.1) is 23.6 Å². The highest BCUT2D eigenvalue weighted by atomic mass is 35.5. The predicted octanol–water partition coefficient (Wildman–Crippen LogP) is 4.25. The lowest BCUT2D eigenvalue weighted by atomic mass is 9.91. The minimum atomic E-state index is -0.580. The number of β-lactam (4-membered cyclic amide) rings is 1. The molecule has 1 fully saturated rings. The van der Waals surface area contributed by atoms with E-state index in [1.807, 2.05) is 62.4 Å². The van der Waals surface area contributed by atoms with Crippen LogP contribution in [0.5, 0.6) is 0 Å². The number of nitrogens with zero attached hydrogens (tertiary/aromatic N) is 5. The van der Waals surface area contributed by atoms with Crippen LogP contribution in [-0.2, 0) is 11.3 Å². The highest BCUT2D eigenvalue weighted by Crippen LogP contribution is 2.44. The number of aryl methyl sites for hydroxylation is 2. The first-order valence-electron chi connectivity index (χ1n) is 9.31. The van der Waals surface area contributed by atoms with Gasteiger partial charge in [-0.3, -0.25) is 9.69 Å². The molecule has 1 amide bonds. The van der Waals surface area contributed by atoms with Gasteiger partial charge in [0.25, 0.3) is 0 Å². The molecule has 0 N–H and O–H groups in total. The van der Waals surface area contributed by atoms with Gasteiger partial charge in [-0.05, 0) is 37.1 Å². The fraction of sp³-hybridized carbons (Fsp3) is 0.238. The lowest BCUT2D eigenvalue weighted by Gasteiger charge is -2.43. The largest absolute Gasteiger partial charge is 0.321 e. The molecule has 4 aromatic rings. The zero-order valence-corrected chi connectivity index (χ0v) is 17.5. The Morgan fingerprint density at radius 3 is 2.66 bits per heavy atom. The monoisotopic (exact) mass is 423 g/mol. The summed E-state index contributed by atoms with van der Waals surface area (Å²) in [4.78, 5) is 18.8. The van der Waals surface area contributed by atoms with Crippen molar-refractivity contribution in [1.29, 1.82) is 0 Å². The summed E-state index contributed by atoms with van der Waals surface area (Å²) in [6.45, 7) is 4.57. The van der Waals surface area contributed by atoms with Gasteiger partial charge in [0, 0.05) is 0 Å². The van der Waals surface area contributed by atoms with Gasteiger partial charge in [0.1, 0.15) is 16.2 Å². The highest BCUT2D eigenvalue weighted by Gasteiger charge is 2.49. The van der Waals surface area contributed by atoms with Crippen LogP contribution < -0.4 is 4.90 Å². The lowest BCUT2D eigenvalue weighted by Crippen LogP contribution is -2.56. The molecule has 0 saturated carbocycles. The minimum absolute atomic E-state index is 0.133. The Morgan fingerprint density at radius 2 is 1.83 bits per heavy atom. The quantitative estimate of drug-likeness (QED) is 0.363. The minimum Gasteiger partial charge on any atom is -0.321 e. The van der Waals surface area contributed by atoms with Gasteiger partial charge in [-0.1, -0.05) is 47.7 Å². The first-order valence-corrected chi connectivity index (χ1v) is 10.6. The molecular formula is C21H18ClN5OS. The fourth-order valence-corrected chi connectivity index (χ4v) is 5.04. The highest BCUT2D eigenvalue weighted by molar-refractivity contribution is 7.15. The molecule has 3 heterocycles. The average molecular weight is 424 g/mol. The molecule has 29 heavy (non-hydrogen) atoms. The van der Waals surface area contributed by atoms with Crippen molar-refractivity contribution in [2.75, 3.05) is 4.90 Å². The standard InChI is InChI=1S/C21H18ClN5OS/c1-12-7-3-4-8-14(12)19-18(22)20(28)27(19)21-25-24-17(29-21)11-26-13(2)23-15-9-5-6-10-16(15)26/h3-10,18-19H,11H2,1-2H3. The molecule has 0 spiro atoms. The maximum absolute atomic E-state index is 12.5. The van der Waals surface area contributed by atoms with Crippen LogP contribution >= 0.6 is 22.9 Å². The third-order valence-electron chi connectivity index (χ3n) is 5.34. The SMILES string of the molecule is Cc1ccccc1C1C(Cl)C(=O)N1c1nnc(Cn2c(C)nc3ccccc32)s1. The Bertz CT molecular complexity index is 1230. The van der Waals surface area contributed by atoms with Crippen LogP contribution in [0.1, 0.15) is 28.0 Å². The van der Waals surface area contributed by atoms with Crippen LogP contribution in [0.25, 0.3) is 11.0 Å². The molecule has 5 rings (SSSR count).